The molecule has 3 aromatic rings. The maximum Gasteiger partial charge on any atom is 0.330 e. The minimum atomic E-state index is -0.421. The van der Waals surface area contributed by atoms with Crippen LogP contribution in [0.1, 0.15) is 109 Å². The Labute approximate surface area is 305 Å². The molecule has 1 fully saturated rings. The number of benzene rings is 3. The SMILES string of the molecule is CCCCNC(=O)N(CC1CO1)c1ccc(C(C)(C)c2ccc(C(C)(C)c3ccc(N(C(=O)NCCCC)C(=O)NCCCC)cc3)cc2)cc1. The number of unbranched alkanes of at least 4 members (excludes halogenated alkanes) is 3. The summed E-state index contributed by atoms with van der Waals surface area (Å²) in [4.78, 5) is 42.2. The van der Waals surface area contributed by atoms with Crippen LogP contribution in [-0.4, -0.2) is 57.0 Å². The highest BCUT2D eigenvalue weighted by atomic mass is 16.6. The predicted molar refractivity (Wildman–Crippen MR) is 208 cm³/mol. The summed E-state index contributed by atoms with van der Waals surface area (Å²) in [6.45, 7) is 18.0. The van der Waals surface area contributed by atoms with Crippen molar-refractivity contribution in [1.29, 1.82) is 0 Å². The van der Waals surface area contributed by atoms with Gasteiger partial charge in [-0.15, -0.1) is 0 Å². The van der Waals surface area contributed by atoms with E-state index in [9.17, 15) is 14.4 Å². The molecule has 1 unspecified atom stereocenters. The molecule has 1 atom stereocenters. The van der Waals surface area contributed by atoms with Gasteiger partial charge in [0.2, 0.25) is 0 Å². The third kappa shape index (κ3) is 10.3. The number of amides is 6. The van der Waals surface area contributed by atoms with Crippen molar-refractivity contribution in [2.75, 3.05) is 42.6 Å². The number of carbonyl (C=O) groups is 3. The van der Waals surface area contributed by atoms with Gasteiger partial charge in [-0.25, -0.2) is 19.3 Å². The molecular weight excluding hydrogens is 638 g/mol. The monoisotopic (exact) mass is 697 g/mol. The van der Waals surface area contributed by atoms with E-state index in [4.69, 9.17) is 4.74 Å². The Kier molecular flexibility index (Phi) is 14.1. The lowest BCUT2D eigenvalue weighted by molar-refractivity contribution is 0.234. The standard InChI is InChI=1S/C42H59N5O4/c1-8-11-26-43-38(48)46(29-37-30-51-37)35-22-18-33(19-23-35)41(4,5)31-14-16-32(17-15-31)42(6,7)34-20-24-36(25-21-34)47(39(49)44-27-12-9-2)40(50)45-28-13-10-3/h14-25,37H,8-13,26-30H2,1-7H3,(H,43,48)(H,44,49)(H,45,50). The molecule has 0 spiro atoms. The van der Waals surface area contributed by atoms with Gasteiger partial charge in [-0.2, -0.15) is 0 Å². The van der Waals surface area contributed by atoms with Crippen LogP contribution in [-0.2, 0) is 15.6 Å². The van der Waals surface area contributed by atoms with E-state index in [0.717, 1.165) is 60.9 Å². The van der Waals surface area contributed by atoms with Crippen molar-refractivity contribution in [2.24, 2.45) is 0 Å². The normalized spacial score (nSPS) is 14.1. The molecule has 51 heavy (non-hydrogen) atoms. The predicted octanol–water partition coefficient (Wildman–Crippen LogP) is 8.88. The van der Waals surface area contributed by atoms with Gasteiger partial charge >= 0.3 is 18.1 Å². The fraction of sp³-hybridized carbons (Fsp3) is 0.500. The zero-order valence-electron chi connectivity index (χ0n) is 31.8. The van der Waals surface area contributed by atoms with Crippen molar-refractivity contribution in [3.8, 4) is 0 Å². The van der Waals surface area contributed by atoms with Gasteiger partial charge in [-0.3, -0.25) is 4.90 Å². The fourth-order valence-corrected chi connectivity index (χ4v) is 6.10. The van der Waals surface area contributed by atoms with Crippen LogP contribution < -0.4 is 25.8 Å². The number of ether oxygens (including phenoxy) is 1. The van der Waals surface area contributed by atoms with Crippen molar-refractivity contribution in [1.82, 2.24) is 16.0 Å². The first-order valence-electron chi connectivity index (χ1n) is 18.8. The summed E-state index contributed by atoms with van der Waals surface area (Å²) < 4.78 is 5.44. The molecule has 0 bridgehead atoms. The minimum absolute atomic E-state index is 0.0862. The maximum absolute atomic E-state index is 13.1. The summed E-state index contributed by atoms with van der Waals surface area (Å²) >= 11 is 0. The van der Waals surface area contributed by atoms with Gasteiger partial charge in [-0.1, -0.05) is 116 Å². The molecule has 9 heteroatoms. The highest BCUT2D eigenvalue weighted by Crippen LogP contribution is 2.37. The molecule has 9 nitrogen and oxygen atoms in total. The van der Waals surface area contributed by atoms with E-state index in [1.165, 1.54) is 10.5 Å². The van der Waals surface area contributed by atoms with E-state index in [1.54, 1.807) is 4.90 Å². The average molecular weight is 698 g/mol. The van der Waals surface area contributed by atoms with E-state index in [2.05, 4.69) is 101 Å². The first-order chi connectivity index (χ1) is 24.4. The fourth-order valence-electron chi connectivity index (χ4n) is 6.10. The van der Waals surface area contributed by atoms with Gasteiger partial charge in [0.15, 0.2) is 0 Å². The summed E-state index contributed by atoms with van der Waals surface area (Å²) in [6.07, 6.45) is 5.68. The van der Waals surface area contributed by atoms with Crippen LogP contribution in [0, 0.1) is 0 Å². The van der Waals surface area contributed by atoms with Crippen molar-refractivity contribution < 1.29 is 19.1 Å². The largest absolute Gasteiger partial charge is 0.371 e. The molecule has 0 radical (unpaired) electrons. The van der Waals surface area contributed by atoms with Crippen molar-refractivity contribution in [3.63, 3.8) is 0 Å². The summed E-state index contributed by atoms with van der Waals surface area (Å²) in [6, 6.07) is 23.8. The van der Waals surface area contributed by atoms with Crippen molar-refractivity contribution in [3.05, 3.63) is 95.1 Å². The van der Waals surface area contributed by atoms with Gasteiger partial charge in [0.25, 0.3) is 0 Å². The van der Waals surface area contributed by atoms with Crippen LogP contribution in [0.25, 0.3) is 0 Å². The van der Waals surface area contributed by atoms with E-state index >= 15 is 0 Å². The second-order valence-electron chi connectivity index (χ2n) is 14.6. The minimum Gasteiger partial charge on any atom is -0.371 e. The van der Waals surface area contributed by atoms with Crippen LogP contribution in [0.5, 0.6) is 0 Å². The highest BCUT2D eigenvalue weighted by molar-refractivity contribution is 6.13. The highest BCUT2D eigenvalue weighted by Gasteiger charge is 2.31. The number of anilines is 2. The quantitative estimate of drug-likeness (QED) is 0.0968. The molecule has 0 aromatic heterocycles. The first kappa shape index (κ1) is 39.4. The summed E-state index contributed by atoms with van der Waals surface area (Å²) in [5.74, 6) is 0. The molecular formula is C42H59N5O4. The number of nitrogens with one attached hydrogen (secondary N) is 3. The number of epoxide rings is 1. The molecule has 3 N–H and O–H groups in total. The Morgan fingerprint density at radius 3 is 1.27 bits per heavy atom. The molecule has 1 aliphatic heterocycles. The Morgan fingerprint density at radius 2 is 0.922 bits per heavy atom. The summed E-state index contributed by atoms with van der Waals surface area (Å²) in [5, 5.41) is 8.82. The van der Waals surface area contributed by atoms with Crippen LogP contribution in [0.3, 0.4) is 0 Å². The van der Waals surface area contributed by atoms with Crippen LogP contribution >= 0.6 is 0 Å². The molecule has 1 saturated heterocycles. The zero-order chi connectivity index (χ0) is 37.0. The zero-order valence-corrected chi connectivity index (χ0v) is 31.8. The van der Waals surface area contributed by atoms with E-state index in [-0.39, 0.29) is 23.0 Å². The molecule has 0 aliphatic carbocycles. The number of hydrogen-bond donors (Lipinski definition) is 3. The van der Waals surface area contributed by atoms with Crippen LogP contribution in [0.4, 0.5) is 25.8 Å². The number of rotatable bonds is 17. The Morgan fingerprint density at radius 1 is 0.588 bits per heavy atom. The third-order valence-corrected chi connectivity index (χ3v) is 9.94. The molecule has 6 amide bonds. The van der Waals surface area contributed by atoms with Crippen LogP contribution in [0.2, 0.25) is 0 Å². The van der Waals surface area contributed by atoms with Gasteiger partial charge in [-0.05, 0) is 65.8 Å². The van der Waals surface area contributed by atoms with Gasteiger partial charge in [0.1, 0.15) is 0 Å². The lowest BCUT2D eigenvalue weighted by Gasteiger charge is -2.30. The number of carbonyl (C=O) groups excluding carboxylic acids is 3. The Bertz CT molecular complexity index is 1540. The van der Waals surface area contributed by atoms with Gasteiger partial charge in [0.05, 0.1) is 24.9 Å². The number of hydrogen-bond acceptors (Lipinski definition) is 4. The number of nitrogens with zero attached hydrogens (tertiary/aromatic N) is 2. The molecule has 0 saturated carbocycles. The summed E-state index contributed by atoms with van der Waals surface area (Å²) in [5.41, 5.74) is 5.37. The molecule has 276 valence electrons. The lowest BCUT2D eigenvalue weighted by Crippen LogP contribution is -2.49. The van der Waals surface area contributed by atoms with Gasteiger partial charge in [0, 0.05) is 36.2 Å². The second kappa shape index (κ2) is 18.2. The topological polar surface area (TPSA) is 106 Å². The van der Waals surface area contributed by atoms with E-state index < -0.39 is 12.1 Å². The van der Waals surface area contributed by atoms with Crippen molar-refractivity contribution >= 4 is 29.5 Å². The molecule has 1 aliphatic rings. The molecule has 4 rings (SSSR count). The lowest BCUT2D eigenvalue weighted by atomic mass is 9.74. The van der Waals surface area contributed by atoms with Crippen molar-refractivity contribution in [2.45, 2.75) is 104 Å². The summed E-state index contributed by atoms with van der Waals surface area (Å²) in [7, 11) is 0. The smallest absolute Gasteiger partial charge is 0.330 e. The third-order valence-electron chi connectivity index (χ3n) is 9.94. The Hall–Kier alpha value is -4.37. The van der Waals surface area contributed by atoms with Crippen LogP contribution in [0.15, 0.2) is 72.8 Å². The van der Waals surface area contributed by atoms with E-state index in [1.807, 2.05) is 36.4 Å². The second-order valence-corrected chi connectivity index (χ2v) is 14.6. The maximum atomic E-state index is 13.1. The molecule has 1 heterocycles. The Balaban J connectivity index is 1.49. The number of urea groups is 3. The van der Waals surface area contributed by atoms with Gasteiger partial charge < -0.3 is 20.7 Å². The van der Waals surface area contributed by atoms with E-state index in [0.29, 0.717) is 38.5 Å². The number of imide groups is 1. The molecule has 3 aromatic carbocycles. The first-order valence-corrected chi connectivity index (χ1v) is 18.8. The average Bonchev–Trinajstić information content (AvgIpc) is 3.96.